The van der Waals surface area contributed by atoms with E-state index in [0.29, 0.717) is 23.6 Å². The van der Waals surface area contributed by atoms with Gasteiger partial charge in [-0.1, -0.05) is 12.1 Å². The maximum absolute atomic E-state index is 12.5. The van der Waals surface area contributed by atoms with Crippen molar-refractivity contribution in [3.8, 4) is 11.5 Å². The third kappa shape index (κ3) is 4.49. The van der Waals surface area contributed by atoms with E-state index in [-0.39, 0.29) is 12.0 Å². The van der Waals surface area contributed by atoms with E-state index in [1.807, 2.05) is 64.1 Å². The van der Waals surface area contributed by atoms with Gasteiger partial charge in [0.25, 0.3) is 5.91 Å². The van der Waals surface area contributed by atoms with E-state index in [4.69, 9.17) is 9.47 Å². The number of para-hydroxylation sites is 2. The first kappa shape index (κ1) is 16.9. The van der Waals surface area contributed by atoms with Gasteiger partial charge in [-0.05, 0) is 63.6 Å². The molecule has 4 nitrogen and oxygen atoms in total. The molecule has 0 aromatic heterocycles. The summed E-state index contributed by atoms with van der Waals surface area (Å²) < 4.78 is 11.2. The van der Waals surface area contributed by atoms with Crippen LogP contribution in [0.1, 0.15) is 36.7 Å². The summed E-state index contributed by atoms with van der Waals surface area (Å²) >= 11 is 0. The number of amides is 1. The van der Waals surface area contributed by atoms with Gasteiger partial charge in [0.05, 0.1) is 18.4 Å². The fraction of sp³-hybridized carbons (Fsp3) is 0.316. The van der Waals surface area contributed by atoms with Gasteiger partial charge in [-0.25, -0.2) is 0 Å². The highest BCUT2D eigenvalue weighted by molar-refractivity contribution is 6.05. The molecule has 0 saturated carbocycles. The first-order valence-electron chi connectivity index (χ1n) is 7.81. The summed E-state index contributed by atoms with van der Waals surface area (Å²) in [7, 11) is 0. The molecule has 2 aromatic rings. The highest BCUT2D eigenvalue weighted by atomic mass is 16.5. The van der Waals surface area contributed by atoms with Gasteiger partial charge in [-0.3, -0.25) is 4.79 Å². The van der Waals surface area contributed by atoms with Crippen molar-refractivity contribution in [1.29, 1.82) is 0 Å². The molecule has 23 heavy (non-hydrogen) atoms. The summed E-state index contributed by atoms with van der Waals surface area (Å²) in [6.45, 7) is 8.37. The van der Waals surface area contributed by atoms with E-state index < -0.39 is 0 Å². The average Bonchev–Trinajstić information content (AvgIpc) is 2.51. The van der Waals surface area contributed by atoms with E-state index in [0.717, 1.165) is 11.3 Å². The zero-order valence-electron chi connectivity index (χ0n) is 14.1. The quantitative estimate of drug-likeness (QED) is 0.858. The Kier molecular flexibility index (Phi) is 5.63. The largest absolute Gasteiger partial charge is 0.494 e. The van der Waals surface area contributed by atoms with E-state index >= 15 is 0 Å². The topological polar surface area (TPSA) is 47.6 Å². The molecule has 0 heterocycles. The van der Waals surface area contributed by atoms with Crippen LogP contribution in [0.2, 0.25) is 0 Å². The fourth-order valence-electron chi connectivity index (χ4n) is 2.23. The molecular weight excluding hydrogens is 290 g/mol. The normalized spacial score (nSPS) is 10.5. The summed E-state index contributed by atoms with van der Waals surface area (Å²) in [6, 6.07) is 12.8. The molecule has 1 amide bonds. The standard InChI is InChI=1S/C19H23NO3/c1-5-22-17-11-10-15(12-14(17)4)19(21)20-16-8-6-7-9-18(16)23-13(2)3/h6-13H,5H2,1-4H3,(H,20,21). The number of rotatable bonds is 6. The molecule has 0 fully saturated rings. The van der Waals surface area contributed by atoms with Crippen LogP contribution in [0, 0.1) is 6.92 Å². The molecule has 0 radical (unpaired) electrons. The Morgan fingerprint density at radius 2 is 1.87 bits per heavy atom. The molecule has 0 atom stereocenters. The van der Waals surface area contributed by atoms with Crippen molar-refractivity contribution in [3.05, 3.63) is 53.6 Å². The SMILES string of the molecule is CCOc1ccc(C(=O)Nc2ccccc2OC(C)C)cc1C. The second-order valence-electron chi connectivity index (χ2n) is 5.53. The highest BCUT2D eigenvalue weighted by Crippen LogP contribution is 2.26. The van der Waals surface area contributed by atoms with Gasteiger partial charge in [0.2, 0.25) is 0 Å². The molecule has 122 valence electrons. The molecule has 0 aliphatic heterocycles. The van der Waals surface area contributed by atoms with Crippen molar-refractivity contribution in [2.75, 3.05) is 11.9 Å². The zero-order valence-corrected chi connectivity index (χ0v) is 14.1. The fourth-order valence-corrected chi connectivity index (χ4v) is 2.23. The molecule has 1 N–H and O–H groups in total. The number of hydrogen-bond acceptors (Lipinski definition) is 3. The summed E-state index contributed by atoms with van der Waals surface area (Å²) in [5.74, 6) is 1.29. The van der Waals surface area contributed by atoms with Crippen molar-refractivity contribution in [2.24, 2.45) is 0 Å². The second kappa shape index (κ2) is 7.68. The van der Waals surface area contributed by atoms with Crippen LogP contribution in [0.25, 0.3) is 0 Å². The van der Waals surface area contributed by atoms with Crippen LogP contribution in [0.15, 0.2) is 42.5 Å². The molecule has 0 saturated heterocycles. The Hall–Kier alpha value is -2.49. The number of nitrogens with one attached hydrogen (secondary N) is 1. The Balaban J connectivity index is 2.18. The van der Waals surface area contributed by atoms with Crippen LogP contribution < -0.4 is 14.8 Å². The molecule has 0 spiro atoms. The Morgan fingerprint density at radius 1 is 1.13 bits per heavy atom. The number of carbonyl (C=O) groups excluding carboxylic acids is 1. The maximum Gasteiger partial charge on any atom is 0.255 e. The first-order valence-corrected chi connectivity index (χ1v) is 7.81. The summed E-state index contributed by atoms with van der Waals surface area (Å²) in [6.07, 6.45) is 0.0424. The highest BCUT2D eigenvalue weighted by Gasteiger charge is 2.12. The van der Waals surface area contributed by atoms with E-state index in [9.17, 15) is 4.79 Å². The van der Waals surface area contributed by atoms with Crippen molar-refractivity contribution in [1.82, 2.24) is 0 Å². The number of carbonyl (C=O) groups is 1. The predicted molar refractivity (Wildman–Crippen MR) is 92.5 cm³/mol. The van der Waals surface area contributed by atoms with Crippen molar-refractivity contribution in [2.45, 2.75) is 33.8 Å². The van der Waals surface area contributed by atoms with Gasteiger partial charge in [0, 0.05) is 5.56 Å². The van der Waals surface area contributed by atoms with Gasteiger partial charge >= 0.3 is 0 Å². The van der Waals surface area contributed by atoms with Gasteiger partial charge in [0.1, 0.15) is 11.5 Å². The van der Waals surface area contributed by atoms with Gasteiger partial charge in [0.15, 0.2) is 0 Å². The molecular formula is C19H23NO3. The molecule has 2 aromatic carbocycles. The number of ether oxygens (including phenoxy) is 2. The van der Waals surface area contributed by atoms with Crippen LogP contribution >= 0.6 is 0 Å². The average molecular weight is 313 g/mol. The zero-order chi connectivity index (χ0) is 16.8. The molecule has 0 aliphatic carbocycles. The lowest BCUT2D eigenvalue weighted by molar-refractivity contribution is 0.102. The van der Waals surface area contributed by atoms with E-state index in [1.54, 1.807) is 6.07 Å². The third-order valence-electron chi connectivity index (χ3n) is 3.23. The van der Waals surface area contributed by atoms with E-state index in [1.165, 1.54) is 0 Å². The van der Waals surface area contributed by atoms with Gasteiger partial charge in [-0.15, -0.1) is 0 Å². The van der Waals surface area contributed by atoms with E-state index in [2.05, 4.69) is 5.32 Å². The molecule has 4 heteroatoms. The third-order valence-corrected chi connectivity index (χ3v) is 3.23. The minimum absolute atomic E-state index is 0.0424. The Bertz CT molecular complexity index is 680. The van der Waals surface area contributed by atoms with Gasteiger partial charge < -0.3 is 14.8 Å². The van der Waals surface area contributed by atoms with Gasteiger partial charge in [-0.2, -0.15) is 0 Å². The summed E-state index contributed by atoms with van der Waals surface area (Å²) in [5, 5.41) is 2.91. The number of anilines is 1. The van der Waals surface area contributed by atoms with Crippen LogP contribution in [0.3, 0.4) is 0 Å². The smallest absolute Gasteiger partial charge is 0.255 e. The summed E-state index contributed by atoms with van der Waals surface area (Å²) in [5.41, 5.74) is 2.19. The lowest BCUT2D eigenvalue weighted by atomic mass is 10.1. The lowest BCUT2D eigenvalue weighted by Gasteiger charge is -2.15. The molecule has 0 bridgehead atoms. The predicted octanol–water partition coefficient (Wildman–Crippen LogP) is 4.43. The monoisotopic (exact) mass is 313 g/mol. The first-order chi connectivity index (χ1) is 11.0. The molecule has 2 rings (SSSR count). The van der Waals surface area contributed by atoms with Crippen molar-refractivity contribution in [3.63, 3.8) is 0 Å². The number of benzene rings is 2. The van der Waals surface area contributed by atoms with Crippen LogP contribution in [-0.2, 0) is 0 Å². The number of hydrogen-bond donors (Lipinski definition) is 1. The minimum Gasteiger partial charge on any atom is -0.494 e. The van der Waals surface area contributed by atoms with Crippen LogP contribution in [0.5, 0.6) is 11.5 Å². The number of aryl methyl sites for hydroxylation is 1. The van der Waals surface area contributed by atoms with Crippen molar-refractivity contribution < 1.29 is 14.3 Å². The molecule has 0 unspecified atom stereocenters. The molecule has 0 aliphatic rings. The van der Waals surface area contributed by atoms with Crippen LogP contribution in [-0.4, -0.2) is 18.6 Å². The Labute approximate surface area is 137 Å². The maximum atomic E-state index is 12.5. The summed E-state index contributed by atoms with van der Waals surface area (Å²) in [4.78, 5) is 12.5. The lowest BCUT2D eigenvalue weighted by Crippen LogP contribution is -2.14. The second-order valence-corrected chi connectivity index (χ2v) is 5.53. The van der Waals surface area contributed by atoms with Crippen molar-refractivity contribution >= 4 is 11.6 Å². The Morgan fingerprint density at radius 3 is 2.52 bits per heavy atom. The minimum atomic E-state index is -0.170. The van der Waals surface area contributed by atoms with Crippen LogP contribution in [0.4, 0.5) is 5.69 Å².